The maximum absolute atomic E-state index is 12.7. The number of rotatable bonds is 12. The van der Waals surface area contributed by atoms with E-state index in [0.717, 1.165) is 11.4 Å². The van der Waals surface area contributed by atoms with E-state index in [1.807, 2.05) is 35.8 Å². The minimum atomic E-state index is -0.407. The van der Waals surface area contributed by atoms with Gasteiger partial charge in [-0.2, -0.15) is 0 Å². The van der Waals surface area contributed by atoms with Crippen LogP contribution in [-0.2, 0) is 16.1 Å². The van der Waals surface area contributed by atoms with Crippen LogP contribution in [0, 0.1) is 0 Å². The predicted octanol–water partition coefficient (Wildman–Crippen LogP) is 5.81. The Kier molecular flexibility index (Phi) is 9.82. The third-order valence-corrected chi connectivity index (χ3v) is 6.48. The molecule has 202 valence electrons. The second-order valence-corrected chi connectivity index (χ2v) is 9.42. The molecular formula is C28H27ClN4O5S. The van der Waals surface area contributed by atoms with Crippen molar-refractivity contribution in [3.63, 3.8) is 0 Å². The number of benzene rings is 3. The zero-order valence-corrected chi connectivity index (χ0v) is 23.0. The maximum Gasteiger partial charge on any atom is 0.338 e. The standard InChI is InChI=1S/C28H27ClN4O5S/c1-3-36-23-15-11-22(12-16-23)33-25(17-38-24-13-7-20(29)8-14-24)31-32-28(33)39-18-26(34)30-21-9-5-19(6-10-21)27(35)37-4-2/h5-16H,3-4,17-18H2,1-2H3,(H,30,34). The summed E-state index contributed by atoms with van der Waals surface area (Å²) in [5.74, 6) is 1.40. The monoisotopic (exact) mass is 566 g/mol. The molecule has 0 radical (unpaired) electrons. The fourth-order valence-corrected chi connectivity index (χ4v) is 4.41. The Morgan fingerprint density at radius 3 is 2.21 bits per heavy atom. The van der Waals surface area contributed by atoms with Crippen LogP contribution < -0.4 is 14.8 Å². The number of aromatic nitrogens is 3. The van der Waals surface area contributed by atoms with Crippen LogP contribution in [0.5, 0.6) is 11.5 Å². The lowest BCUT2D eigenvalue weighted by atomic mass is 10.2. The molecule has 4 aromatic rings. The summed E-state index contributed by atoms with van der Waals surface area (Å²) in [6, 6.07) is 21.1. The van der Waals surface area contributed by atoms with Crippen LogP contribution in [0.4, 0.5) is 5.69 Å². The van der Waals surface area contributed by atoms with Crippen molar-refractivity contribution in [2.75, 3.05) is 24.3 Å². The Morgan fingerprint density at radius 2 is 1.54 bits per heavy atom. The molecule has 1 N–H and O–H groups in total. The average molecular weight is 567 g/mol. The van der Waals surface area contributed by atoms with Crippen LogP contribution in [0.15, 0.2) is 78.0 Å². The molecule has 0 aliphatic rings. The molecule has 0 atom stereocenters. The lowest BCUT2D eigenvalue weighted by Crippen LogP contribution is -2.15. The molecule has 1 heterocycles. The number of nitrogens with one attached hydrogen (secondary N) is 1. The van der Waals surface area contributed by atoms with Gasteiger partial charge in [0.15, 0.2) is 11.0 Å². The highest BCUT2D eigenvalue weighted by molar-refractivity contribution is 7.99. The third-order valence-electron chi connectivity index (χ3n) is 5.30. The topological polar surface area (TPSA) is 105 Å². The van der Waals surface area contributed by atoms with Crippen LogP contribution in [0.2, 0.25) is 5.02 Å². The van der Waals surface area contributed by atoms with Crippen molar-refractivity contribution in [3.8, 4) is 17.2 Å². The van der Waals surface area contributed by atoms with E-state index in [0.29, 0.717) is 46.2 Å². The minimum Gasteiger partial charge on any atom is -0.494 e. The smallest absolute Gasteiger partial charge is 0.338 e. The van der Waals surface area contributed by atoms with Gasteiger partial charge in [-0.3, -0.25) is 9.36 Å². The summed E-state index contributed by atoms with van der Waals surface area (Å²) in [4.78, 5) is 24.5. The molecule has 0 aliphatic heterocycles. The zero-order valence-electron chi connectivity index (χ0n) is 21.4. The molecule has 0 saturated carbocycles. The van der Waals surface area contributed by atoms with Crippen molar-refractivity contribution in [1.82, 2.24) is 14.8 Å². The first kappa shape index (κ1) is 28.0. The second kappa shape index (κ2) is 13.7. The molecule has 1 aromatic heterocycles. The Hall–Kier alpha value is -4.02. The quantitative estimate of drug-likeness (QED) is 0.169. The number of carbonyl (C=O) groups is 2. The van der Waals surface area contributed by atoms with E-state index in [1.165, 1.54) is 11.8 Å². The highest BCUT2D eigenvalue weighted by atomic mass is 35.5. The van der Waals surface area contributed by atoms with E-state index >= 15 is 0 Å². The molecule has 3 aromatic carbocycles. The summed E-state index contributed by atoms with van der Waals surface area (Å²) in [5.41, 5.74) is 1.79. The number of halogens is 1. The van der Waals surface area contributed by atoms with E-state index in [4.69, 9.17) is 25.8 Å². The van der Waals surface area contributed by atoms with Gasteiger partial charge in [0.25, 0.3) is 0 Å². The number of amides is 1. The van der Waals surface area contributed by atoms with Crippen LogP contribution in [0.1, 0.15) is 30.0 Å². The lowest BCUT2D eigenvalue weighted by Gasteiger charge is -2.12. The van der Waals surface area contributed by atoms with Crippen molar-refractivity contribution in [2.45, 2.75) is 25.6 Å². The number of thioether (sulfide) groups is 1. The van der Waals surface area contributed by atoms with Gasteiger partial charge in [-0.15, -0.1) is 10.2 Å². The Bertz CT molecular complexity index is 1390. The summed E-state index contributed by atoms with van der Waals surface area (Å²) < 4.78 is 18.3. The molecule has 0 aliphatic carbocycles. The average Bonchev–Trinajstić information content (AvgIpc) is 3.35. The Labute approximate surface area is 235 Å². The largest absolute Gasteiger partial charge is 0.494 e. The van der Waals surface area contributed by atoms with Gasteiger partial charge in [-0.25, -0.2) is 4.79 Å². The number of hydrogen-bond acceptors (Lipinski definition) is 8. The highest BCUT2D eigenvalue weighted by Gasteiger charge is 2.17. The first-order valence-electron chi connectivity index (χ1n) is 12.2. The lowest BCUT2D eigenvalue weighted by molar-refractivity contribution is -0.113. The van der Waals surface area contributed by atoms with Crippen LogP contribution in [-0.4, -0.2) is 45.6 Å². The molecule has 0 fully saturated rings. The van der Waals surface area contributed by atoms with E-state index in [1.54, 1.807) is 55.5 Å². The fraction of sp³-hybridized carbons (Fsp3) is 0.214. The van der Waals surface area contributed by atoms with Crippen LogP contribution >= 0.6 is 23.4 Å². The SMILES string of the molecule is CCOC(=O)c1ccc(NC(=O)CSc2nnc(COc3ccc(Cl)cc3)n2-c2ccc(OCC)cc2)cc1. The highest BCUT2D eigenvalue weighted by Crippen LogP contribution is 2.25. The van der Waals surface area contributed by atoms with E-state index in [-0.39, 0.29) is 18.3 Å². The number of esters is 1. The van der Waals surface area contributed by atoms with Gasteiger partial charge in [0, 0.05) is 16.4 Å². The summed E-state index contributed by atoms with van der Waals surface area (Å²) in [7, 11) is 0. The first-order valence-corrected chi connectivity index (χ1v) is 13.6. The maximum atomic E-state index is 12.7. The predicted molar refractivity (Wildman–Crippen MR) is 150 cm³/mol. The molecule has 9 nitrogen and oxygen atoms in total. The van der Waals surface area contributed by atoms with Gasteiger partial charge in [-0.1, -0.05) is 23.4 Å². The van der Waals surface area contributed by atoms with Crippen LogP contribution in [0.3, 0.4) is 0 Å². The summed E-state index contributed by atoms with van der Waals surface area (Å²) in [6.45, 7) is 4.69. The molecule has 1 amide bonds. The third kappa shape index (κ3) is 7.75. The zero-order chi connectivity index (χ0) is 27.6. The molecule has 39 heavy (non-hydrogen) atoms. The molecule has 0 spiro atoms. The summed E-state index contributed by atoms with van der Waals surface area (Å²) in [5, 5.41) is 12.6. The number of nitrogens with zero attached hydrogens (tertiary/aromatic N) is 3. The first-order chi connectivity index (χ1) is 19.0. The van der Waals surface area contributed by atoms with Gasteiger partial charge >= 0.3 is 5.97 Å². The molecule has 4 rings (SSSR count). The molecule has 11 heteroatoms. The van der Waals surface area contributed by atoms with Crippen molar-refractivity contribution >= 4 is 40.9 Å². The fourth-order valence-electron chi connectivity index (χ4n) is 3.51. The van der Waals surface area contributed by atoms with E-state index in [9.17, 15) is 9.59 Å². The van der Waals surface area contributed by atoms with Crippen LogP contribution in [0.25, 0.3) is 5.69 Å². The van der Waals surface area contributed by atoms with E-state index < -0.39 is 5.97 Å². The van der Waals surface area contributed by atoms with Gasteiger partial charge < -0.3 is 19.5 Å². The van der Waals surface area contributed by atoms with Gasteiger partial charge in [0.05, 0.1) is 24.5 Å². The molecule has 0 saturated heterocycles. The number of carbonyl (C=O) groups excluding carboxylic acids is 2. The normalized spacial score (nSPS) is 10.6. The number of hydrogen-bond donors (Lipinski definition) is 1. The molecular weight excluding hydrogens is 540 g/mol. The summed E-state index contributed by atoms with van der Waals surface area (Å²) >= 11 is 7.21. The van der Waals surface area contributed by atoms with Crippen molar-refractivity contribution in [2.24, 2.45) is 0 Å². The van der Waals surface area contributed by atoms with Crippen molar-refractivity contribution in [1.29, 1.82) is 0 Å². The number of ether oxygens (including phenoxy) is 3. The van der Waals surface area contributed by atoms with Crippen molar-refractivity contribution < 1.29 is 23.8 Å². The van der Waals surface area contributed by atoms with Gasteiger partial charge in [0.2, 0.25) is 5.91 Å². The second-order valence-electron chi connectivity index (χ2n) is 8.04. The Balaban J connectivity index is 1.46. The van der Waals surface area contributed by atoms with Gasteiger partial charge in [-0.05, 0) is 86.6 Å². The number of anilines is 1. The molecule has 0 bridgehead atoms. The minimum absolute atomic E-state index is 0.0901. The van der Waals surface area contributed by atoms with E-state index in [2.05, 4.69) is 15.5 Å². The van der Waals surface area contributed by atoms with Gasteiger partial charge in [0.1, 0.15) is 18.1 Å². The Morgan fingerprint density at radius 1 is 0.872 bits per heavy atom. The van der Waals surface area contributed by atoms with Crippen molar-refractivity contribution in [3.05, 3.63) is 89.2 Å². The molecule has 0 unspecified atom stereocenters. The summed E-state index contributed by atoms with van der Waals surface area (Å²) in [6.07, 6.45) is 0.